The number of nitrogens with one attached hydrogen (secondary N) is 2. The zero-order valence-electron chi connectivity index (χ0n) is 12.4. The molecule has 1 aromatic carbocycles. The third-order valence-electron chi connectivity index (χ3n) is 4.79. The van der Waals surface area contributed by atoms with E-state index in [2.05, 4.69) is 38.7 Å². The molecule has 2 fully saturated rings. The Hall–Kier alpha value is -0.870. The van der Waals surface area contributed by atoms with Gasteiger partial charge in [0.1, 0.15) is 0 Å². The summed E-state index contributed by atoms with van der Waals surface area (Å²) in [6, 6.07) is 9.53. The van der Waals surface area contributed by atoms with Crippen molar-refractivity contribution in [1.82, 2.24) is 10.6 Å². The van der Waals surface area contributed by atoms with Gasteiger partial charge in [0.25, 0.3) is 0 Å². The highest BCUT2D eigenvalue weighted by Crippen LogP contribution is 2.32. The van der Waals surface area contributed by atoms with Crippen molar-refractivity contribution in [3.8, 4) is 0 Å². The average molecular weight is 351 g/mol. The first-order valence-electron chi connectivity index (χ1n) is 7.91. The van der Waals surface area contributed by atoms with Crippen LogP contribution in [0.1, 0.15) is 50.6 Å². The molecule has 21 heavy (non-hydrogen) atoms. The van der Waals surface area contributed by atoms with E-state index in [9.17, 15) is 4.79 Å². The molecule has 2 N–H and O–H groups in total. The highest BCUT2D eigenvalue weighted by atomic mass is 79.9. The number of carbonyl (C=O) groups excluding carboxylic acids is 1. The molecule has 4 heteroatoms. The minimum absolute atomic E-state index is 0.0732. The highest BCUT2D eigenvalue weighted by Gasteiger charge is 2.34. The van der Waals surface area contributed by atoms with E-state index in [-0.39, 0.29) is 11.9 Å². The van der Waals surface area contributed by atoms with E-state index in [1.54, 1.807) is 0 Å². The standard InChI is InChI=1S/C17H23BrN2O/c1-11(13-2-4-14(18)5-3-13)19-17(21)10-12-8-15-6-7-16(9-12)20-15/h2-5,11-12,15-16,20H,6-10H2,1H3,(H,19,21). The van der Waals surface area contributed by atoms with Gasteiger partial charge in [0.2, 0.25) is 5.91 Å². The zero-order chi connectivity index (χ0) is 14.8. The smallest absolute Gasteiger partial charge is 0.220 e. The van der Waals surface area contributed by atoms with Crippen molar-refractivity contribution in [1.29, 1.82) is 0 Å². The molecule has 1 amide bonds. The molecule has 2 aliphatic rings. The van der Waals surface area contributed by atoms with Crippen LogP contribution < -0.4 is 10.6 Å². The largest absolute Gasteiger partial charge is 0.350 e. The molecule has 2 heterocycles. The maximum absolute atomic E-state index is 12.3. The molecule has 0 aromatic heterocycles. The van der Waals surface area contributed by atoms with Crippen LogP contribution in [0.5, 0.6) is 0 Å². The number of hydrogen-bond donors (Lipinski definition) is 2. The Labute approximate surface area is 135 Å². The Balaban J connectivity index is 1.50. The summed E-state index contributed by atoms with van der Waals surface area (Å²) in [5.74, 6) is 0.748. The van der Waals surface area contributed by atoms with Gasteiger partial charge in [-0.25, -0.2) is 0 Å². The number of amides is 1. The monoisotopic (exact) mass is 350 g/mol. The lowest BCUT2D eigenvalue weighted by atomic mass is 9.89. The number of benzene rings is 1. The third-order valence-corrected chi connectivity index (χ3v) is 5.32. The molecule has 3 unspecified atom stereocenters. The van der Waals surface area contributed by atoms with Crippen LogP contribution in [0.2, 0.25) is 0 Å². The van der Waals surface area contributed by atoms with E-state index >= 15 is 0 Å². The van der Waals surface area contributed by atoms with E-state index in [0.717, 1.165) is 22.9 Å². The summed E-state index contributed by atoms with van der Waals surface area (Å²) in [6.07, 6.45) is 5.58. The molecule has 0 spiro atoms. The molecule has 2 saturated heterocycles. The second-order valence-corrected chi connectivity index (χ2v) is 7.44. The van der Waals surface area contributed by atoms with Crippen LogP contribution >= 0.6 is 15.9 Å². The van der Waals surface area contributed by atoms with Crippen molar-refractivity contribution in [3.05, 3.63) is 34.3 Å². The van der Waals surface area contributed by atoms with Crippen LogP contribution in [-0.4, -0.2) is 18.0 Å². The van der Waals surface area contributed by atoms with Gasteiger partial charge in [-0.1, -0.05) is 28.1 Å². The summed E-state index contributed by atoms with van der Waals surface area (Å²) in [4.78, 5) is 12.3. The van der Waals surface area contributed by atoms with Crippen LogP contribution in [-0.2, 0) is 4.79 Å². The van der Waals surface area contributed by atoms with Crippen LogP contribution in [0, 0.1) is 5.92 Å². The van der Waals surface area contributed by atoms with Crippen molar-refractivity contribution < 1.29 is 4.79 Å². The second kappa shape index (κ2) is 6.49. The maximum Gasteiger partial charge on any atom is 0.220 e. The minimum Gasteiger partial charge on any atom is -0.350 e. The number of hydrogen-bond acceptors (Lipinski definition) is 2. The van der Waals surface area contributed by atoms with Gasteiger partial charge in [-0.3, -0.25) is 4.79 Å². The van der Waals surface area contributed by atoms with Crippen molar-refractivity contribution in [2.45, 2.75) is 57.2 Å². The predicted molar refractivity (Wildman–Crippen MR) is 88.0 cm³/mol. The van der Waals surface area contributed by atoms with Gasteiger partial charge in [0, 0.05) is 23.0 Å². The molecule has 1 aromatic rings. The first-order valence-corrected chi connectivity index (χ1v) is 8.70. The predicted octanol–water partition coefficient (Wildman–Crippen LogP) is 3.55. The van der Waals surface area contributed by atoms with Gasteiger partial charge in [-0.15, -0.1) is 0 Å². The molecule has 114 valence electrons. The fourth-order valence-corrected chi connectivity index (χ4v) is 4.00. The van der Waals surface area contributed by atoms with Crippen molar-refractivity contribution in [2.24, 2.45) is 5.92 Å². The van der Waals surface area contributed by atoms with Crippen LogP contribution in [0.15, 0.2) is 28.7 Å². The molecule has 3 atom stereocenters. The summed E-state index contributed by atoms with van der Waals surface area (Å²) in [7, 11) is 0. The number of halogens is 1. The molecule has 0 radical (unpaired) electrons. The van der Waals surface area contributed by atoms with E-state index < -0.39 is 0 Å². The van der Waals surface area contributed by atoms with E-state index in [0.29, 0.717) is 24.4 Å². The quantitative estimate of drug-likeness (QED) is 0.871. The van der Waals surface area contributed by atoms with Gasteiger partial charge in [0.15, 0.2) is 0 Å². The Morgan fingerprint density at radius 3 is 2.52 bits per heavy atom. The summed E-state index contributed by atoms with van der Waals surface area (Å²) < 4.78 is 1.06. The second-order valence-electron chi connectivity index (χ2n) is 6.52. The summed E-state index contributed by atoms with van der Waals surface area (Å²) in [6.45, 7) is 2.05. The Kier molecular flexibility index (Phi) is 4.65. The lowest BCUT2D eigenvalue weighted by Gasteiger charge is -2.29. The van der Waals surface area contributed by atoms with Gasteiger partial charge >= 0.3 is 0 Å². The maximum atomic E-state index is 12.3. The topological polar surface area (TPSA) is 41.1 Å². The lowest BCUT2D eigenvalue weighted by Crippen LogP contribution is -2.40. The van der Waals surface area contributed by atoms with Crippen LogP contribution in [0.3, 0.4) is 0 Å². The Morgan fingerprint density at radius 1 is 1.29 bits per heavy atom. The van der Waals surface area contributed by atoms with Gasteiger partial charge in [-0.2, -0.15) is 0 Å². The first-order chi connectivity index (χ1) is 10.1. The fraction of sp³-hybridized carbons (Fsp3) is 0.588. The van der Waals surface area contributed by atoms with Gasteiger partial charge < -0.3 is 10.6 Å². The zero-order valence-corrected chi connectivity index (χ0v) is 14.0. The molecule has 0 aliphatic carbocycles. The number of piperidine rings is 1. The fourth-order valence-electron chi connectivity index (χ4n) is 3.74. The average Bonchev–Trinajstić information content (AvgIpc) is 2.78. The third kappa shape index (κ3) is 3.86. The van der Waals surface area contributed by atoms with E-state index in [1.807, 2.05) is 19.1 Å². The van der Waals surface area contributed by atoms with Gasteiger partial charge in [0.05, 0.1) is 6.04 Å². The molecule has 2 aliphatic heterocycles. The number of rotatable bonds is 4. The number of carbonyl (C=O) groups is 1. The van der Waals surface area contributed by atoms with Crippen molar-refractivity contribution in [3.63, 3.8) is 0 Å². The molecule has 3 nitrogen and oxygen atoms in total. The Morgan fingerprint density at radius 2 is 1.90 bits per heavy atom. The SMILES string of the molecule is CC(NC(=O)CC1CC2CCC(C1)N2)c1ccc(Br)cc1. The molecular weight excluding hydrogens is 328 g/mol. The van der Waals surface area contributed by atoms with Crippen LogP contribution in [0.25, 0.3) is 0 Å². The van der Waals surface area contributed by atoms with Crippen molar-refractivity contribution >= 4 is 21.8 Å². The van der Waals surface area contributed by atoms with E-state index in [1.165, 1.54) is 12.8 Å². The highest BCUT2D eigenvalue weighted by molar-refractivity contribution is 9.10. The van der Waals surface area contributed by atoms with Crippen molar-refractivity contribution in [2.75, 3.05) is 0 Å². The first kappa shape index (κ1) is 15.0. The summed E-state index contributed by atoms with van der Waals surface area (Å²) >= 11 is 3.44. The summed E-state index contributed by atoms with van der Waals surface area (Å²) in [5.41, 5.74) is 1.15. The lowest BCUT2D eigenvalue weighted by molar-refractivity contribution is -0.122. The summed E-state index contributed by atoms with van der Waals surface area (Å²) in [5, 5.41) is 6.77. The normalized spacial score (nSPS) is 29.1. The van der Waals surface area contributed by atoms with Crippen LogP contribution in [0.4, 0.5) is 0 Å². The van der Waals surface area contributed by atoms with Gasteiger partial charge in [-0.05, 0) is 56.2 Å². The van der Waals surface area contributed by atoms with E-state index in [4.69, 9.17) is 0 Å². The minimum atomic E-state index is 0.0732. The molecular formula is C17H23BrN2O. The Bertz CT molecular complexity index is 490. The molecule has 2 bridgehead atoms. The molecule has 0 saturated carbocycles. The number of fused-ring (bicyclic) bond motifs is 2. The molecule has 3 rings (SSSR count).